The summed E-state index contributed by atoms with van der Waals surface area (Å²) < 4.78 is 40.7. The van der Waals surface area contributed by atoms with Crippen molar-refractivity contribution in [3.63, 3.8) is 0 Å². The summed E-state index contributed by atoms with van der Waals surface area (Å²) in [5, 5.41) is 4.07. The van der Waals surface area contributed by atoms with Crippen molar-refractivity contribution in [2.45, 2.75) is 57.3 Å². The van der Waals surface area contributed by atoms with Crippen LogP contribution in [-0.2, 0) is 26.2 Å². The summed E-state index contributed by atoms with van der Waals surface area (Å²) in [6.07, 6.45) is 2.89. The minimum absolute atomic E-state index is 0.0511. The van der Waals surface area contributed by atoms with Gasteiger partial charge in [-0.05, 0) is 62.8 Å². The van der Waals surface area contributed by atoms with Crippen LogP contribution in [0.1, 0.15) is 59.7 Å². The number of hydrogen-bond acceptors (Lipinski definition) is 4. The molecule has 0 bridgehead atoms. The van der Waals surface area contributed by atoms with Crippen LogP contribution in [0.25, 0.3) is 10.9 Å². The fourth-order valence-corrected chi connectivity index (χ4v) is 5.55. The lowest BCUT2D eigenvalue weighted by Gasteiger charge is -2.32. The Labute approximate surface area is 202 Å². The summed E-state index contributed by atoms with van der Waals surface area (Å²) in [5.74, 6) is -0.282. The van der Waals surface area contributed by atoms with Crippen LogP contribution in [0, 0.1) is 5.92 Å². The first-order valence-electron chi connectivity index (χ1n) is 12.3. The van der Waals surface area contributed by atoms with Crippen molar-refractivity contribution in [2.75, 3.05) is 13.1 Å². The van der Waals surface area contributed by atoms with Gasteiger partial charge in [-0.2, -0.15) is 13.2 Å². The van der Waals surface area contributed by atoms with E-state index in [0.29, 0.717) is 35.8 Å². The number of alkyl halides is 3. The zero-order valence-electron chi connectivity index (χ0n) is 19.8. The van der Waals surface area contributed by atoms with E-state index in [0.717, 1.165) is 56.1 Å². The average Bonchev–Trinajstić information content (AvgIpc) is 3.19. The summed E-state index contributed by atoms with van der Waals surface area (Å²) in [5.41, 5.74) is 2.73. The number of imidazole rings is 1. The van der Waals surface area contributed by atoms with E-state index >= 15 is 0 Å². The molecule has 0 spiro atoms. The lowest BCUT2D eigenvalue weighted by atomic mass is 9.84. The second kappa shape index (κ2) is 9.60. The molecule has 0 unspecified atom stereocenters. The molecule has 2 aromatic heterocycles. The predicted molar refractivity (Wildman–Crippen MR) is 127 cm³/mol. The van der Waals surface area contributed by atoms with Gasteiger partial charge in [-0.25, -0.2) is 4.98 Å². The van der Waals surface area contributed by atoms with Crippen LogP contribution >= 0.6 is 0 Å². The molecule has 9 heteroatoms. The fourth-order valence-electron chi connectivity index (χ4n) is 5.55. The SMILES string of the molecule is Cn1c(C(F)(F)F)nc2c1CCN(CC[C@H]1CC[C@H](NC(=O)c3cccc4ncccc34)CC1)C2. The lowest BCUT2D eigenvalue weighted by molar-refractivity contribution is -0.146. The molecular formula is C26H30F3N5O. The van der Waals surface area contributed by atoms with Gasteiger partial charge in [0.15, 0.2) is 0 Å². The maximum absolute atomic E-state index is 13.2. The largest absolute Gasteiger partial charge is 0.449 e. The number of pyridine rings is 1. The van der Waals surface area contributed by atoms with Gasteiger partial charge in [0.25, 0.3) is 5.91 Å². The van der Waals surface area contributed by atoms with Crippen molar-refractivity contribution in [2.24, 2.45) is 13.0 Å². The average molecular weight is 486 g/mol. The number of carbonyl (C=O) groups is 1. The summed E-state index contributed by atoms with van der Waals surface area (Å²) in [7, 11) is 1.46. The molecular weight excluding hydrogens is 455 g/mol. The number of aromatic nitrogens is 3. The molecule has 1 saturated carbocycles. The Kier molecular flexibility index (Phi) is 6.53. The predicted octanol–water partition coefficient (Wildman–Crippen LogP) is 4.72. The van der Waals surface area contributed by atoms with Crippen LogP contribution in [0.5, 0.6) is 0 Å². The van der Waals surface area contributed by atoms with Gasteiger partial charge in [0.2, 0.25) is 5.82 Å². The molecule has 0 atom stereocenters. The Morgan fingerprint density at radius 3 is 2.71 bits per heavy atom. The quantitative estimate of drug-likeness (QED) is 0.568. The number of amides is 1. The molecule has 2 aliphatic rings. The summed E-state index contributed by atoms with van der Waals surface area (Å²) in [6.45, 7) is 2.10. The minimum Gasteiger partial charge on any atom is -0.349 e. The summed E-state index contributed by atoms with van der Waals surface area (Å²) in [6, 6.07) is 9.54. The Balaban J connectivity index is 1.10. The van der Waals surface area contributed by atoms with Crippen molar-refractivity contribution < 1.29 is 18.0 Å². The maximum atomic E-state index is 13.2. The first kappa shape index (κ1) is 23.8. The number of rotatable bonds is 5. The molecule has 1 aliphatic carbocycles. The van der Waals surface area contributed by atoms with Gasteiger partial charge < -0.3 is 9.88 Å². The third-order valence-electron chi connectivity index (χ3n) is 7.51. The van der Waals surface area contributed by atoms with Gasteiger partial charge in [0.1, 0.15) is 0 Å². The van der Waals surface area contributed by atoms with E-state index in [1.165, 1.54) is 11.6 Å². The number of hydrogen-bond donors (Lipinski definition) is 1. The molecule has 0 radical (unpaired) electrons. The molecule has 0 saturated heterocycles. The highest BCUT2D eigenvalue weighted by molar-refractivity contribution is 6.06. The maximum Gasteiger partial charge on any atom is 0.449 e. The Morgan fingerprint density at radius 2 is 1.94 bits per heavy atom. The van der Waals surface area contributed by atoms with Crippen LogP contribution < -0.4 is 5.32 Å². The molecule has 1 N–H and O–H groups in total. The van der Waals surface area contributed by atoms with Crippen molar-refractivity contribution >= 4 is 16.8 Å². The number of halogens is 3. The molecule has 1 aliphatic heterocycles. The van der Waals surface area contributed by atoms with E-state index in [9.17, 15) is 18.0 Å². The van der Waals surface area contributed by atoms with Gasteiger partial charge in [-0.1, -0.05) is 12.1 Å². The number of nitrogens with one attached hydrogen (secondary N) is 1. The van der Waals surface area contributed by atoms with Gasteiger partial charge >= 0.3 is 6.18 Å². The van der Waals surface area contributed by atoms with Crippen LogP contribution in [0.3, 0.4) is 0 Å². The summed E-state index contributed by atoms with van der Waals surface area (Å²) in [4.78, 5) is 23.4. The van der Waals surface area contributed by atoms with Crippen molar-refractivity contribution in [3.05, 3.63) is 59.3 Å². The molecule has 6 nitrogen and oxygen atoms in total. The van der Waals surface area contributed by atoms with Crippen LogP contribution in [0.4, 0.5) is 13.2 Å². The number of benzene rings is 1. The third kappa shape index (κ3) is 5.05. The van der Waals surface area contributed by atoms with Crippen molar-refractivity contribution in [3.8, 4) is 0 Å². The van der Waals surface area contributed by atoms with E-state index in [4.69, 9.17) is 0 Å². The molecule has 5 rings (SSSR count). The van der Waals surface area contributed by atoms with Crippen molar-refractivity contribution in [1.82, 2.24) is 24.8 Å². The molecule has 186 valence electrons. The van der Waals surface area contributed by atoms with Crippen LogP contribution in [0.2, 0.25) is 0 Å². The smallest absolute Gasteiger partial charge is 0.349 e. The first-order chi connectivity index (χ1) is 16.8. The lowest BCUT2D eigenvalue weighted by Crippen LogP contribution is -2.38. The molecule has 1 amide bonds. The second-order valence-corrected chi connectivity index (χ2v) is 9.77. The molecule has 35 heavy (non-hydrogen) atoms. The van der Waals surface area contributed by atoms with Crippen molar-refractivity contribution in [1.29, 1.82) is 0 Å². The number of carbonyl (C=O) groups excluding carboxylic acids is 1. The minimum atomic E-state index is -4.42. The van der Waals surface area contributed by atoms with E-state index in [1.54, 1.807) is 6.20 Å². The topological polar surface area (TPSA) is 63.1 Å². The molecule has 3 heterocycles. The van der Waals surface area contributed by atoms with E-state index in [2.05, 4.69) is 20.2 Å². The monoisotopic (exact) mass is 485 g/mol. The standard InChI is InChI=1S/C26H30F3N5O/c1-33-23-12-15-34(16-22(23)32-25(33)26(27,28)29)14-11-17-7-9-18(10-8-17)31-24(35)20-4-2-6-21-19(20)5-3-13-30-21/h2-6,13,17-18H,7-12,14-16H2,1H3,(H,31,35)/t17-,18-. The first-order valence-corrected chi connectivity index (χ1v) is 12.3. The second-order valence-electron chi connectivity index (χ2n) is 9.77. The van der Waals surface area contributed by atoms with E-state index < -0.39 is 12.0 Å². The zero-order valence-corrected chi connectivity index (χ0v) is 19.8. The normalized spacial score (nSPS) is 21.1. The highest BCUT2D eigenvalue weighted by Crippen LogP contribution is 2.32. The van der Waals surface area contributed by atoms with Gasteiger partial charge in [-0.15, -0.1) is 0 Å². The molecule has 3 aromatic rings. The molecule has 1 aromatic carbocycles. The van der Waals surface area contributed by atoms with E-state index in [-0.39, 0.29) is 11.9 Å². The Morgan fingerprint density at radius 1 is 1.14 bits per heavy atom. The number of fused-ring (bicyclic) bond motifs is 2. The van der Waals surface area contributed by atoms with Crippen LogP contribution in [0.15, 0.2) is 36.5 Å². The fraction of sp³-hybridized carbons (Fsp3) is 0.500. The van der Waals surface area contributed by atoms with Crippen LogP contribution in [-0.4, -0.2) is 44.5 Å². The van der Waals surface area contributed by atoms with Gasteiger partial charge in [0, 0.05) is 55.4 Å². The Bertz CT molecular complexity index is 1210. The highest BCUT2D eigenvalue weighted by atomic mass is 19.4. The summed E-state index contributed by atoms with van der Waals surface area (Å²) >= 11 is 0. The molecule has 1 fully saturated rings. The number of nitrogens with zero attached hydrogens (tertiary/aromatic N) is 4. The third-order valence-corrected chi connectivity index (χ3v) is 7.51. The van der Waals surface area contributed by atoms with Gasteiger partial charge in [0.05, 0.1) is 11.2 Å². The Hall–Kier alpha value is -2.94. The highest BCUT2D eigenvalue weighted by Gasteiger charge is 2.38. The zero-order chi connectivity index (χ0) is 24.6. The van der Waals surface area contributed by atoms with Gasteiger partial charge in [-0.3, -0.25) is 14.7 Å². The van der Waals surface area contributed by atoms with E-state index in [1.807, 2.05) is 30.3 Å².